The van der Waals surface area contributed by atoms with E-state index in [1.54, 1.807) is 25.3 Å². The summed E-state index contributed by atoms with van der Waals surface area (Å²) in [5, 5.41) is 9.30. The second-order valence-corrected chi connectivity index (χ2v) is 9.80. The van der Waals surface area contributed by atoms with E-state index >= 15 is 0 Å². The molecule has 1 fully saturated rings. The summed E-state index contributed by atoms with van der Waals surface area (Å²) in [6.07, 6.45) is -0.984. The molecule has 36 heavy (non-hydrogen) atoms. The number of carboxylic acid groups (broad SMARTS) is 1. The summed E-state index contributed by atoms with van der Waals surface area (Å²) in [6, 6.07) is 9.51. The Hall–Kier alpha value is -4.09. The molecule has 0 atom stereocenters. The fourth-order valence-corrected chi connectivity index (χ4v) is 4.07. The van der Waals surface area contributed by atoms with E-state index in [9.17, 15) is 24.3 Å². The lowest BCUT2D eigenvalue weighted by molar-refractivity contribution is -0.157. The van der Waals surface area contributed by atoms with Crippen LogP contribution in [0.1, 0.15) is 26.3 Å². The van der Waals surface area contributed by atoms with Crippen LogP contribution >= 0.6 is 0 Å². The largest absolute Gasteiger partial charge is 0.465 e. The van der Waals surface area contributed by atoms with Gasteiger partial charge in [0.1, 0.15) is 0 Å². The smallest absolute Gasteiger partial charge is 0.407 e. The summed E-state index contributed by atoms with van der Waals surface area (Å²) in [7, 11) is 1.51. The molecule has 0 aliphatic carbocycles. The lowest BCUT2D eigenvalue weighted by Crippen LogP contribution is -2.49. The van der Waals surface area contributed by atoms with Gasteiger partial charge in [0.15, 0.2) is 17.9 Å². The molecular formula is C24H30N6O6. The average molecular weight is 499 g/mol. The van der Waals surface area contributed by atoms with Crippen LogP contribution in [-0.4, -0.2) is 66.9 Å². The van der Waals surface area contributed by atoms with Crippen molar-refractivity contribution in [2.45, 2.75) is 34.0 Å². The van der Waals surface area contributed by atoms with Crippen LogP contribution < -0.4 is 16.1 Å². The van der Waals surface area contributed by atoms with Crippen LogP contribution in [-0.2, 0) is 29.9 Å². The van der Waals surface area contributed by atoms with Crippen molar-refractivity contribution in [3.63, 3.8) is 0 Å². The number of esters is 1. The second kappa shape index (κ2) is 9.51. The highest BCUT2D eigenvalue weighted by Crippen LogP contribution is 2.23. The van der Waals surface area contributed by atoms with Gasteiger partial charge in [-0.25, -0.2) is 14.2 Å². The highest BCUT2D eigenvalue weighted by molar-refractivity contribution is 5.76. The number of carbonyl (C=O) groups excluding carboxylic acids is 1. The van der Waals surface area contributed by atoms with Crippen molar-refractivity contribution >= 4 is 29.2 Å². The molecule has 0 radical (unpaired) electrons. The van der Waals surface area contributed by atoms with Gasteiger partial charge in [0.25, 0.3) is 5.56 Å². The number of rotatable bonds is 5. The molecule has 4 rings (SSSR count). The highest BCUT2D eigenvalue weighted by Gasteiger charge is 2.28. The van der Waals surface area contributed by atoms with E-state index in [2.05, 4.69) is 4.98 Å². The third kappa shape index (κ3) is 4.70. The van der Waals surface area contributed by atoms with Gasteiger partial charge in [-0.15, -0.1) is 0 Å². The predicted octanol–water partition coefficient (Wildman–Crippen LogP) is 1.29. The Morgan fingerprint density at radius 2 is 1.67 bits per heavy atom. The van der Waals surface area contributed by atoms with Gasteiger partial charge in [-0.1, -0.05) is 30.3 Å². The Morgan fingerprint density at radius 1 is 1.03 bits per heavy atom. The lowest BCUT2D eigenvalue weighted by atomic mass is 9.98. The number of ether oxygens (including phenoxy) is 1. The van der Waals surface area contributed by atoms with Crippen molar-refractivity contribution in [1.29, 1.82) is 0 Å². The molecule has 1 saturated heterocycles. The molecule has 1 amide bonds. The first-order chi connectivity index (χ1) is 17.0. The molecule has 1 aromatic carbocycles. The molecule has 0 unspecified atom stereocenters. The zero-order chi connectivity index (χ0) is 26.2. The van der Waals surface area contributed by atoms with E-state index in [1.807, 2.05) is 35.2 Å². The Morgan fingerprint density at radius 3 is 2.25 bits per heavy atom. The zero-order valence-electron chi connectivity index (χ0n) is 20.8. The number of anilines is 1. The van der Waals surface area contributed by atoms with Gasteiger partial charge < -0.3 is 19.6 Å². The number of aryl methyl sites for hydroxylation is 1. The number of hydrogen-bond acceptors (Lipinski definition) is 7. The summed E-state index contributed by atoms with van der Waals surface area (Å²) in [6.45, 7) is 6.19. The summed E-state index contributed by atoms with van der Waals surface area (Å²) in [5.41, 5.74) is -0.742. The van der Waals surface area contributed by atoms with Crippen LogP contribution in [0.25, 0.3) is 11.2 Å². The van der Waals surface area contributed by atoms with E-state index in [-0.39, 0.29) is 24.3 Å². The fourth-order valence-electron chi connectivity index (χ4n) is 4.07. The first kappa shape index (κ1) is 25.0. The van der Waals surface area contributed by atoms with Gasteiger partial charge in [0.05, 0.1) is 12.0 Å². The quantitative estimate of drug-likeness (QED) is 0.521. The minimum atomic E-state index is -0.984. The number of aromatic nitrogens is 4. The number of imidazole rings is 1. The van der Waals surface area contributed by atoms with E-state index < -0.39 is 35.5 Å². The van der Waals surface area contributed by atoms with Crippen molar-refractivity contribution in [3.05, 3.63) is 56.7 Å². The number of fused-ring (bicyclic) bond motifs is 1. The van der Waals surface area contributed by atoms with E-state index in [1.165, 1.54) is 16.5 Å². The van der Waals surface area contributed by atoms with Gasteiger partial charge in [-0.05, 0) is 26.3 Å². The van der Waals surface area contributed by atoms with Crippen molar-refractivity contribution in [1.82, 2.24) is 23.6 Å². The number of piperazine rings is 1. The van der Waals surface area contributed by atoms with Crippen LogP contribution in [0.15, 0.2) is 39.9 Å². The summed E-state index contributed by atoms with van der Waals surface area (Å²) < 4.78 is 9.18. The van der Waals surface area contributed by atoms with Gasteiger partial charge in [-0.3, -0.25) is 18.7 Å². The number of amides is 1. The Balaban J connectivity index is 1.83. The van der Waals surface area contributed by atoms with Crippen molar-refractivity contribution < 1.29 is 19.4 Å². The monoisotopic (exact) mass is 498 g/mol. The fraction of sp³-hybridized carbons (Fsp3) is 0.458. The Kier molecular flexibility index (Phi) is 6.61. The number of nitrogens with zero attached hydrogens (tertiary/aromatic N) is 6. The maximum Gasteiger partial charge on any atom is 0.407 e. The third-order valence-electron chi connectivity index (χ3n) is 6.17. The molecule has 192 valence electrons. The van der Waals surface area contributed by atoms with Crippen molar-refractivity contribution in [2.75, 3.05) is 31.1 Å². The average Bonchev–Trinajstić information content (AvgIpc) is 3.22. The Labute approximate surface area is 206 Å². The molecular weight excluding hydrogens is 468 g/mol. The first-order valence-corrected chi connectivity index (χ1v) is 11.6. The molecule has 0 bridgehead atoms. The normalized spacial score (nSPS) is 14.3. The van der Waals surface area contributed by atoms with Crippen LogP contribution in [0.3, 0.4) is 0 Å². The van der Waals surface area contributed by atoms with Gasteiger partial charge in [0.2, 0.25) is 5.95 Å². The maximum atomic E-state index is 13.6. The topological polar surface area (TPSA) is 132 Å². The molecule has 0 saturated carbocycles. The predicted molar refractivity (Wildman–Crippen MR) is 132 cm³/mol. The molecule has 0 spiro atoms. The number of benzene rings is 1. The van der Waals surface area contributed by atoms with E-state index in [4.69, 9.17) is 4.74 Å². The van der Waals surface area contributed by atoms with Gasteiger partial charge in [0, 0.05) is 33.2 Å². The minimum absolute atomic E-state index is 0.198. The van der Waals surface area contributed by atoms with Crippen molar-refractivity contribution in [3.8, 4) is 0 Å². The Bertz CT molecular complexity index is 1410. The lowest BCUT2D eigenvalue weighted by Gasteiger charge is -2.33. The first-order valence-electron chi connectivity index (χ1n) is 11.6. The minimum Gasteiger partial charge on any atom is -0.465 e. The number of carbonyl (C=O) groups is 2. The summed E-state index contributed by atoms with van der Waals surface area (Å²) in [4.78, 5) is 58.2. The summed E-state index contributed by atoms with van der Waals surface area (Å²) in [5.74, 6) is -0.0678. The maximum absolute atomic E-state index is 13.6. The SMILES string of the molecule is Cn1c(=O)n(COC(=O)C(C)(C)C)c(=O)c2c1nc(N1CCN(C(=O)O)CC1)n2Cc1ccccc1. The molecule has 3 heterocycles. The van der Waals surface area contributed by atoms with Gasteiger partial charge >= 0.3 is 17.8 Å². The molecule has 12 nitrogen and oxygen atoms in total. The van der Waals surface area contributed by atoms with E-state index in [0.29, 0.717) is 25.6 Å². The van der Waals surface area contributed by atoms with Crippen LogP contribution in [0, 0.1) is 5.41 Å². The molecule has 2 aromatic heterocycles. The van der Waals surface area contributed by atoms with Crippen LogP contribution in [0.4, 0.5) is 10.7 Å². The number of hydrogen-bond donors (Lipinski definition) is 1. The second-order valence-electron chi connectivity index (χ2n) is 9.80. The molecule has 1 aliphatic heterocycles. The van der Waals surface area contributed by atoms with Crippen LogP contribution in [0.5, 0.6) is 0 Å². The van der Waals surface area contributed by atoms with E-state index in [0.717, 1.165) is 10.1 Å². The molecule has 3 aromatic rings. The highest BCUT2D eigenvalue weighted by atomic mass is 16.5. The zero-order valence-corrected chi connectivity index (χ0v) is 20.8. The molecule has 12 heteroatoms. The molecule has 1 N–H and O–H groups in total. The molecule has 1 aliphatic rings. The summed E-state index contributed by atoms with van der Waals surface area (Å²) >= 11 is 0. The van der Waals surface area contributed by atoms with Crippen molar-refractivity contribution in [2.24, 2.45) is 12.5 Å². The third-order valence-corrected chi connectivity index (χ3v) is 6.17. The van der Waals surface area contributed by atoms with Crippen LogP contribution in [0.2, 0.25) is 0 Å². The standard InChI is InChI=1S/C24H30N6O6/c1-24(2,3)20(32)36-15-30-19(31)17-18(26(4)22(30)33)25-21(27-10-12-28(13-11-27)23(34)35)29(17)14-16-8-6-5-7-9-16/h5-9H,10-15H2,1-4H3,(H,34,35). The van der Waals surface area contributed by atoms with Gasteiger partial charge in [-0.2, -0.15) is 4.98 Å².